The maximum atomic E-state index is 4.72. The molecule has 3 aromatic heterocycles. The topological polar surface area (TPSA) is 58.3 Å². The molecule has 6 heteroatoms. The molecule has 4 rings (SSSR count). The zero-order chi connectivity index (χ0) is 17.1. The van der Waals surface area contributed by atoms with Gasteiger partial charge in [-0.3, -0.25) is 4.98 Å². The maximum absolute atomic E-state index is 4.72. The second-order valence-corrected chi connectivity index (χ2v) is 6.62. The molecule has 0 aromatic carbocycles. The molecule has 0 bridgehead atoms. The number of fused-ring (bicyclic) bond motifs is 1. The SMILES string of the molecule is CCCN1CCC(Nc2cc(-c3ccncc3)nc3ccnn23)CC1. The largest absolute Gasteiger partial charge is 0.367 e. The third-order valence-corrected chi connectivity index (χ3v) is 4.81. The lowest BCUT2D eigenvalue weighted by molar-refractivity contribution is 0.219. The molecule has 4 heterocycles. The van der Waals surface area contributed by atoms with Gasteiger partial charge >= 0.3 is 0 Å². The van der Waals surface area contributed by atoms with Gasteiger partial charge in [-0.2, -0.15) is 9.61 Å². The highest BCUT2D eigenvalue weighted by Crippen LogP contribution is 2.23. The Kier molecular flexibility index (Phi) is 4.61. The predicted molar refractivity (Wildman–Crippen MR) is 99.6 cm³/mol. The van der Waals surface area contributed by atoms with Gasteiger partial charge in [0.05, 0.1) is 11.9 Å². The standard InChI is InChI=1S/C19H24N6/c1-2-11-24-12-6-16(7-13-24)22-19-14-17(15-3-8-20-9-4-15)23-18-5-10-21-25(18)19/h3-5,8-10,14,16,22H,2,6-7,11-13H2,1H3. The highest BCUT2D eigenvalue weighted by Gasteiger charge is 2.19. The van der Waals surface area contributed by atoms with Gasteiger partial charge in [0, 0.05) is 49.2 Å². The molecule has 1 fully saturated rings. The van der Waals surface area contributed by atoms with E-state index in [0.29, 0.717) is 6.04 Å². The van der Waals surface area contributed by atoms with E-state index in [1.54, 1.807) is 18.6 Å². The molecule has 0 unspecified atom stereocenters. The van der Waals surface area contributed by atoms with E-state index in [0.717, 1.165) is 48.7 Å². The van der Waals surface area contributed by atoms with Crippen molar-refractivity contribution in [3.05, 3.63) is 42.9 Å². The van der Waals surface area contributed by atoms with Gasteiger partial charge in [0.25, 0.3) is 0 Å². The summed E-state index contributed by atoms with van der Waals surface area (Å²) in [7, 11) is 0. The number of likely N-dealkylation sites (tertiary alicyclic amines) is 1. The normalized spacial score (nSPS) is 16.4. The van der Waals surface area contributed by atoms with Gasteiger partial charge in [-0.25, -0.2) is 4.98 Å². The fraction of sp³-hybridized carbons (Fsp3) is 0.421. The Hall–Kier alpha value is -2.47. The maximum Gasteiger partial charge on any atom is 0.157 e. The van der Waals surface area contributed by atoms with Crippen LogP contribution in [0, 0.1) is 0 Å². The molecule has 0 spiro atoms. The van der Waals surface area contributed by atoms with E-state index >= 15 is 0 Å². The van der Waals surface area contributed by atoms with Gasteiger partial charge < -0.3 is 10.2 Å². The molecule has 0 saturated carbocycles. The van der Waals surface area contributed by atoms with Gasteiger partial charge in [0.15, 0.2) is 5.65 Å². The van der Waals surface area contributed by atoms with Crippen LogP contribution in [0.25, 0.3) is 16.9 Å². The Morgan fingerprint density at radius 1 is 1.12 bits per heavy atom. The molecule has 3 aromatic rings. The lowest BCUT2D eigenvalue weighted by Gasteiger charge is -2.32. The third kappa shape index (κ3) is 3.49. The smallest absolute Gasteiger partial charge is 0.157 e. The molecule has 25 heavy (non-hydrogen) atoms. The van der Waals surface area contributed by atoms with E-state index in [4.69, 9.17) is 4.98 Å². The molecule has 0 atom stereocenters. The molecule has 6 nitrogen and oxygen atoms in total. The average Bonchev–Trinajstić information content (AvgIpc) is 3.13. The molecular formula is C19H24N6. The van der Waals surface area contributed by atoms with Crippen molar-refractivity contribution in [1.29, 1.82) is 0 Å². The molecule has 130 valence electrons. The van der Waals surface area contributed by atoms with E-state index in [-0.39, 0.29) is 0 Å². The fourth-order valence-electron chi connectivity index (χ4n) is 3.51. The van der Waals surface area contributed by atoms with E-state index in [2.05, 4.69) is 33.3 Å². The van der Waals surface area contributed by atoms with Crippen LogP contribution in [0.15, 0.2) is 42.9 Å². The van der Waals surface area contributed by atoms with Crippen molar-refractivity contribution in [2.24, 2.45) is 0 Å². The lowest BCUT2D eigenvalue weighted by atomic mass is 10.0. The number of hydrogen-bond donors (Lipinski definition) is 1. The Bertz CT molecular complexity index is 820. The van der Waals surface area contributed by atoms with Crippen molar-refractivity contribution in [1.82, 2.24) is 24.5 Å². The first-order valence-corrected chi connectivity index (χ1v) is 9.07. The van der Waals surface area contributed by atoms with E-state index < -0.39 is 0 Å². The molecule has 1 saturated heterocycles. The minimum atomic E-state index is 0.480. The summed E-state index contributed by atoms with van der Waals surface area (Å²) in [4.78, 5) is 11.4. The van der Waals surface area contributed by atoms with Crippen LogP contribution >= 0.6 is 0 Å². The van der Waals surface area contributed by atoms with Crippen LogP contribution < -0.4 is 5.32 Å². The van der Waals surface area contributed by atoms with Crippen LogP contribution in [-0.4, -0.2) is 50.2 Å². The summed E-state index contributed by atoms with van der Waals surface area (Å²) >= 11 is 0. The third-order valence-electron chi connectivity index (χ3n) is 4.81. The van der Waals surface area contributed by atoms with Crippen LogP contribution in [0.5, 0.6) is 0 Å². The number of aromatic nitrogens is 4. The number of hydrogen-bond acceptors (Lipinski definition) is 5. The Morgan fingerprint density at radius 3 is 2.68 bits per heavy atom. The van der Waals surface area contributed by atoms with E-state index in [1.165, 1.54) is 13.0 Å². The van der Waals surface area contributed by atoms with Crippen molar-refractivity contribution in [2.75, 3.05) is 25.0 Å². The monoisotopic (exact) mass is 336 g/mol. The van der Waals surface area contributed by atoms with Gasteiger partial charge in [0.1, 0.15) is 5.82 Å². The number of nitrogens with one attached hydrogen (secondary N) is 1. The van der Waals surface area contributed by atoms with Crippen molar-refractivity contribution in [3.8, 4) is 11.3 Å². The zero-order valence-corrected chi connectivity index (χ0v) is 14.6. The van der Waals surface area contributed by atoms with Crippen molar-refractivity contribution in [3.63, 3.8) is 0 Å². The minimum Gasteiger partial charge on any atom is -0.367 e. The fourth-order valence-corrected chi connectivity index (χ4v) is 3.51. The number of rotatable bonds is 5. The summed E-state index contributed by atoms with van der Waals surface area (Å²) in [5, 5.41) is 8.13. The van der Waals surface area contributed by atoms with E-state index in [1.807, 2.05) is 22.7 Å². The number of nitrogens with zero attached hydrogens (tertiary/aromatic N) is 5. The molecule has 0 radical (unpaired) electrons. The van der Waals surface area contributed by atoms with Gasteiger partial charge in [0.2, 0.25) is 0 Å². The van der Waals surface area contributed by atoms with Crippen molar-refractivity contribution in [2.45, 2.75) is 32.2 Å². The first-order valence-electron chi connectivity index (χ1n) is 9.07. The van der Waals surface area contributed by atoms with Crippen LogP contribution in [0.1, 0.15) is 26.2 Å². The average molecular weight is 336 g/mol. The lowest BCUT2D eigenvalue weighted by Crippen LogP contribution is -2.39. The van der Waals surface area contributed by atoms with Crippen LogP contribution in [0.4, 0.5) is 5.82 Å². The summed E-state index contributed by atoms with van der Waals surface area (Å²) in [5.41, 5.74) is 2.88. The Balaban J connectivity index is 1.58. The summed E-state index contributed by atoms with van der Waals surface area (Å²) in [6.45, 7) is 5.78. The second kappa shape index (κ2) is 7.19. The molecule has 1 aliphatic heterocycles. The Labute approximate surface area is 147 Å². The number of pyridine rings is 1. The van der Waals surface area contributed by atoms with Gasteiger partial charge in [-0.1, -0.05) is 6.92 Å². The highest BCUT2D eigenvalue weighted by molar-refractivity contribution is 5.66. The summed E-state index contributed by atoms with van der Waals surface area (Å²) < 4.78 is 1.89. The predicted octanol–water partition coefficient (Wildman–Crippen LogP) is 3.08. The Morgan fingerprint density at radius 2 is 1.92 bits per heavy atom. The van der Waals surface area contributed by atoms with Gasteiger partial charge in [-0.05, 0) is 37.9 Å². The van der Waals surface area contributed by atoms with Gasteiger partial charge in [-0.15, -0.1) is 0 Å². The van der Waals surface area contributed by atoms with Crippen LogP contribution in [0.3, 0.4) is 0 Å². The first kappa shape index (κ1) is 16.0. The van der Waals surface area contributed by atoms with Crippen LogP contribution in [0.2, 0.25) is 0 Å². The van der Waals surface area contributed by atoms with Crippen molar-refractivity contribution < 1.29 is 0 Å². The summed E-state index contributed by atoms with van der Waals surface area (Å²) in [6, 6.07) is 8.49. The first-order chi connectivity index (χ1) is 12.3. The van der Waals surface area contributed by atoms with E-state index in [9.17, 15) is 0 Å². The summed E-state index contributed by atoms with van der Waals surface area (Å²) in [5.74, 6) is 1.01. The number of anilines is 1. The minimum absolute atomic E-state index is 0.480. The number of piperidine rings is 1. The molecule has 1 N–H and O–H groups in total. The molecular weight excluding hydrogens is 312 g/mol. The van der Waals surface area contributed by atoms with Crippen molar-refractivity contribution >= 4 is 11.5 Å². The quantitative estimate of drug-likeness (QED) is 0.776. The van der Waals surface area contributed by atoms with Crippen LogP contribution in [-0.2, 0) is 0 Å². The molecule has 0 aliphatic carbocycles. The molecule has 0 amide bonds. The highest BCUT2D eigenvalue weighted by atomic mass is 15.3. The second-order valence-electron chi connectivity index (χ2n) is 6.62. The zero-order valence-electron chi connectivity index (χ0n) is 14.6. The molecule has 1 aliphatic rings. The summed E-state index contributed by atoms with van der Waals surface area (Å²) in [6.07, 6.45) is 8.95.